The molecule has 2 N–H and O–H groups in total. The van der Waals surface area contributed by atoms with E-state index >= 15 is 0 Å². The van der Waals surface area contributed by atoms with Crippen molar-refractivity contribution in [2.75, 3.05) is 26.2 Å². The fraction of sp³-hybridized carbons (Fsp3) is 0.778. The average Bonchev–Trinajstić information content (AvgIpc) is 2.20. The van der Waals surface area contributed by atoms with Crippen LogP contribution < -0.4 is 0 Å². The van der Waals surface area contributed by atoms with E-state index in [4.69, 9.17) is 10.8 Å². The topological polar surface area (TPSA) is 54.2 Å². The Labute approximate surface area is 97.3 Å². The Balaban J connectivity index is 3.67. The highest BCUT2D eigenvalue weighted by atomic mass is 31.1. The minimum absolute atomic E-state index is 0.809. The summed E-state index contributed by atoms with van der Waals surface area (Å²) in [5.41, 5.74) is 0. The maximum Gasteiger partial charge on any atom is 0.00629 e. The number of hydrogen-bond donors (Lipinski definition) is 2. The smallest absolute Gasteiger partial charge is 0.00629 e. The summed E-state index contributed by atoms with van der Waals surface area (Å²) in [5.74, 6) is 0. The van der Waals surface area contributed by atoms with E-state index < -0.39 is 0 Å². The van der Waals surface area contributed by atoms with Gasteiger partial charge in [0, 0.05) is 19.6 Å². The zero-order chi connectivity index (χ0) is 11.5. The molecule has 0 rings (SSSR count). The summed E-state index contributed by atoms with van der Waals surface area (Å²) in [6.45, 7) is 3.94. The lowest BCUT2D eigenvalue weighted by atomic mass is 10.3. The molecule has 0 aliphatic carbocycles. The van der Waals surface area contributed by atoms with Crippen molar-refractivity contribution in [3.63, 3.8) is 0 Å². The molecule has 0 bridgehead atoms. The van der Waals surface area contributed by atoms with Crippen LogP contribution in [0.3, 0.4) is 0 Å². The van der Waals surface area contributed by atoms with Crippen LogP contribution in [0.2, 0.25) is 0 Å². The highest BCUT2D eigenvalue weighted by molar-refractivity contribution is 7.30. The van der Waals surface area contributed by atoms with Gasteiger partial charge in [0.05, 0.1) is 0 Å². The van der Waals surface area contributed by atoms with E-state index in [0.717, 1.165) is 45.4 Å². The van der Waals surface area contributed by atoms with Gasteiger partial charge in [-0.15, -0.1) is 0 Å². The molecule has 0 saturated carbocycles. The first kappa shape index (κ1) is 15.1. The third-order valence-electron chi connectivity index (χ3n) is 2.07. The molecule has 15 heavy (non-hydrogen) atoms. The minimum Gasteiger partial charge on any atom is -0.313 e. The summed E-state index contributed by atoms with van der Waals surface area (Å²) in [6, 6.07) is 0. The van der Waals surface area contributed by atoms with Crippen LogP contribution in [0, 0.1) is 10.8 Å². The van der Waals surface area contributed by atoms with Gasteiger partial charge in [-0.2, -0.15) is 0 Å². The number of nitrogens with zero attached hydrogens (tertiary/aromatic N) is 2. The average molecular weight is 248 g/mol. The SMILES string of the molecule is N=CCCN(CCC=N)CCCN(P)P. The van der Waals surface area contributed by atoms with E-state index in [1.54, 1.807) is 0 Å². The molecule has 2 unspecified atom stereocenters. The van der Waals surface area contributed by atoms with Crippen molar-refractivity contribution >= 4 is 31.2 Å². The number of hydrogen-bond acceptors (Lipinski definition) is 4. The fourth-order valence-electron chi connectivity index (χ4n) is 1.31. The fourth-order valence-corrected chi connectivity index (χ4v) is 1.67. The van der Waals surface area contributed by atoms with Crippen LogP contribution in [-0.2, 0) is 0 Å². The van der Waals surface area contributed by atoms with Crippen molar-refractivity contribution in [3.05, 3.63) is 0 Å². The second-order valence-corrected chi connectivity index (χ2v) is 5.34. The molecule has 6 heteroatoms. The molecule has 0 aromatic rings. The first-order valence-electron chi connectivity index (χ1n) is 5.18. The highest BCUT2D eigenvalue weighted by Crippen LogP contribution is 2.07. The van der Waals surface area contributed by atoms with E-state index in [0.29, 0.717) is 0 Å². The predicted octanol–water partition coefficient (Wildman–Crippen LogP) is 1.64. The molecule has 4 nitrogen and oxygen atoms in total. The summed E-state index contributed by atoms with van der Waals surface area (Å²) in [7, 11) is 5.24. The van der Waals surface area contributed by atoms with Gasteiger partial charge in [-0.05, 0) is 38.2 Å². The Morgan fingerprint density at radius 3 is 1.80 bits per heavy atom. The third kappa shape index (κ3) is 10.4. The minimum atomic E-state index is 0.809. The van der Waals surface area contributed by atoms with Crippen LogP contribution in [0.4, 0.5) is 0 Å². The normalized spacial score (nSPS) is 10.9. The first-order valence-corrected chi connectivity index (χ1v) is 6.21. The van der Waals surface area contributed by atoms with Gasteiger partial charge in [0.25, 0.3) is 0 Å². The lowest BCUT2D eigenvalue weighted by molar-refractivity contribution is 0.284. The predicted molar refractivity (Wildman–Crippen MR) is 74.0 cm³/mol. The summed E-state index contributed by atoms with van der Waals surface area (Å²) in [6.07, 6.45) is 5.64. The van der Waals surface area contributed by atoms with Gasteiger partial charge in [-0.1, -0.05) is 18.8 Å². The molecule has 88 valence electrons. The van der Waals surface area contributed by atoms with Crippen LogP contribution in [0.5, 0.6) is 0 Å². The first-order chi connectivity index (χ1) is 7.20. The van der Waals surface area contributed by atoms with Crippen molar-refractivity contribution in [1.29, 1.82) is 10.8 Å². The van der Waals surface area contributed by atoms with E-state index in [1.807, 2.05) is 4.44 Å². The van der Waals surface area contributed by atoms with Gasteiger partial charge in [-0.25, -0.2) is 0 Å². The Morgan fingerprint density at radius 2 is 1.40 bits per heavy atom. The molecule has 0 aromatic carbocycles. The maximum absolute atomic E-state index is 7.01. The Hall–Kier alpha value is 0.120. The van der Waals surface area contributed by atoms with Crippen molar-refractivity contribution < 1.29 is 0 Å². The van der Waals surface area contributed by atoms with Gasteiger partial charge >= 0.3 is 0 Å². The second kappa shape index (κ2) is 10.6. The standard InChI is InChI=1S/C9H22N4P2/c10-4-1-6-12(7-2-5-11)8-3-9-13(14)15/h4-5,10-11H,1-3,6-9,14-15H2. The molecular weight excluding hydrogens is 226 g/mol. The molecule has 0 fully saturated rings. The van der Waals surface area contributed by atoms with Gasteiger partial charge in [0.1, 0.15) is 0 Å². The van der Waals surface area contributed by atoms with Crippen molar-refractivity contribution in [2.45, 2.75) is 19.3 Å². The number of rotatable bonds is 10. The van der Waals surface area contributed by atoms with Crippen molar-refractivity contribution in [1.82, 2.24) is 9.34 Å². The molecule has 0 saturated heterocycles. The lowest BCUT2D eigenvalue weighted by Crippen LogP contribution is -2.28. The zero-order valence-corrected chi connectivity index (χ0v) is 11.5. The van der Waals surface area contributed by atoms with Crippen LogP contribution in [-0.4, -0.2) is 47.9 Å². The van der Waals surface area contributed by atoms with Crippen LogP contribution in [0.15, 0.2) is 0 Å². The molecule has 2 atom stereocenters. The van der Waals surface area contributed by atoms with Crippen LogP contribution >= 0.6 is 18.8 Å². The molecule has 0 aromatic heterocycles. The van der Waals surface area contributed by atoms with Gasteiger partial charge in [0.15, 0.2) is 0 Å². The second-order valence-electron chi connectivity index (χ2n) is 3.42. The Bertz CT molecular complexity index is 163. The van der Waals surface area contributed by atoms with E-state index in [9.17, 15) is 0 Å². The molecule has 0 heterocycles. The largest absolute Gasteiger partial charge is 0.313 e. The van der Waals surface area contributed by atoms with E-state index in [2.05, 4.69) is 23.7 Å². The molecule has 0 amide bonds. The van der Waals surface area contributed by atoms with Crippen molar-refractivity contribution in [3.8, 4) is 0 Å². The Morgan fingerprint density at radius 1 is 0.867 bits per heavy atom. The monoisotopic (exact) mass is 248 g/mol. The zero-order valence-electron chi connectivity index (χ0n) is 9.15. The van der Waals surface area contributed by atoms with E-state index in [1.165, 1.54) is 12.4 Å². The third-order valence-corrected chi connectivity index (χ3v) is 2.59. The summed E-state index contributed by atoms with van der Waals surface area (Å²) >= 11 is 0. The maximum atomic E-state index is 7.01. The van der Waals surface area contributed by atoms with E-state index in [-0.39, 0.29) is 0 Å². The number of nitrogens with one attached hydrogen (secondary N) is 2. The lowest BCUT2D eigenvalue weighted by Gasteiger charge is -2.21. The summed E-state index contributed by atoms with van der Waals surface area (Å²) in [4.78, 5) is 2.31. The van der Waals surface area contributed by atoms with Gasteiger partial charge < -0.3 is 15.7 Å². The Kier molecular flexibility index (Phi) is 10.7. The van der Waals surface area contributed by atoms with Crippen LogP contribution in [0.1, 0.15) is 19.3 Å². The molecule has 0 aliphatic heterocycles. The van der Waals surface area contributed by atoms with Crippen molar-refractivity contribution in [2.24, 2.45) is 0 Å². The summed E-state index contributed by atoms with van der Waals surface area (Å²) < 4.78 is 2.02. The molecule has 0 spiro atoms. The summed E-state index contributed by atoms with van der Waals surface area (Å²) in [5, 5.41) is 14.0. The quantitative estimate of drug-likeness (QED) is 0.456. The highest BCUT2D eigenvalue weighted by Gasteiger charge is 2.03. The molecular formula is C9H22N4P2. The molecule has 0 radical (unpaired) electrons. The molecule has 0 aliphatic rings. The van der Waals surface area contributed by atoms with Gasteiger partial charge in [-0.3, -0.25) is 4.44 Å². The van der Waals surface area contributed by atoms with Crippen LogP contribution in [0.25, 0.3) is 0 Å². The van der Waals surface area contributed by atoms with Gasteiger partial charge in [0.2, 0.25) is 0 Å².